The Labute approximate surface area is 167 Å². The molecule has 28 heavy (non-hydrogen) atoms. The van der Waals surface area contributed by atoms with Crippen LogP contribution in [0.25, 0.3) is 0 Å². The van der Waals surface area contributed by atoms with Crippen LogP contribution < -0.4 is 4.90 Å². The number of carbonyl (C=O) groups excluding carboxylic acids is 1. The predicted molar refractivity (Wildman–Crippen MR) is 110 cm³/mol. The number of fused-ring (bicyclic) bond motifs is 1. The maximum atomic E-state index is 13.2. The van der Waals surface area contributed by atoms with Gasteiger partial charge in [-0.3, -0.25) is 4.79 Å². The molecule has 2 aliphatic heterocycles. The molecule has 1 atom stereocenters. The molecular formula is C22H26N2O3S. The average molecular weight is 399 g/mol. The Balaban J connectivity index is 1.63. The van der Waals surface area contributed by atoms with Gasteiger partial charge >= 0.3 is 0 Å². The van der Waals surface area contributed by atoms with Gasteiger partial charge in [-0.2, -0.15) is 4.31 Å². The zero-order chi connectivity index (χ0) is 19.9. The van der Waals surface area contributed by atoms with E-state index in [0.717, 1.165) is 30.5 Å². The summed E-state index contributed by atoms with van der Waals surface area (Å²) in [5.74, 6) is 0.401. The third-order valence-electron chi connectivity index (χ3n) is 5.89. The Morgan fingerprint density at radius 3 is 2.46 bits per heavy atom. The molecule has 0 spiro atoms. The maximum absolute atomic E-state index is 13.2. The highest BCUT2D eigenvalue weighted by atomic mass is 32.2. The van der Waals surface area contributed by atoms with E-state index in [-0.39, 0.29) is 16.8 Å². The van der Waals surface area contributed by atoms with Crippen LogP contribution >= 0.6 is 0 Å². The number of piperidine rings is 1. The molecule has 0 radical (unpaired) electrons. The summed E-state index contributed by atoms with van der Waals surface area (Å²) in [6.07, 6.45) is 2.56. The minimum atomic E-state index is -3.58. The highest BCUT2D eigenvalue weighted by Gasteiger charge is 2.33. The highest BCUT2D eigenvalue weighted by Crippen LogP contribution is 2.33. The minimum Gasteiger partial charge on any atom is -0.305 e. The maximum Gasteiger partial charge on any atom is 0.258 e. The van der Waals surface area contributed by atoms with E-state index in [1.54, 1.807) is 27.4 Å². The van der Waals surface area contributed by atoms with Crippen molar-refractivity contribution in [2.45, 2.75) is 44.0 Å². The molecule has 0 aromatic heterocycles. The molecular weight excluding hydrogens is 372 g/mol. The van der Waals surface area contributed by atoms with Crippen LogP contribution in [-0.2, 0) is 16.4 Å². The van der Waals surface area contributed by atoms with Gasteiger partial charge in [0.2, 0.25) is 10.0 Å². The Bertz CT molecular complexity index is 994. The number of amides is 1. The van der Waals surface area contributed by atoms with Gasteiger partial charge < -0.3 is 4.90 Å². The lowest BCUT2D eigenvalue weighted by molar-refractivity contribution is 0.0981. The van der Waals surface area contributed by atoms with Gasteiger partial charge in [-0.15, -0.1) is 0 Å². The van der Waals surface area contributed by atoms with Gasteiger partial charge in [0.25, 0.3) is 5.91 Å². The third kappa shape index (κ3) is 3.35. The molecule has 0 bridgehead atoms. The van der Waals surface area contributed by atoms with Crippen LogP contribution in [0.1, 0.15) is 42.6 Å². The van der Waals surface area contributed by atoms with Crippen LogP contribution in [0.3, 0.4) is 0 Å². The fourth-order valence-corrected chi connectivity index (χ4v) is 5.69. The molecule has 1 unspecified atom stereocenters. The van der Waals surface area contributed by atoms with Gasteiger partial charge in [-0.25, -0.2) is 8.42 Å². The van der Waals surface area contributed by atoms with Crippen molar-refractivity contribution in [1.82, 2.24) is 4.31 Å². The number of hydrogen-bond acceptors (Lipinski definition) is 3. The summed E-state index contributed by atoms with van der Waals surface area (Å²) in [5, 5.41) is 0. The second kappa shape index (κ2) is 7.33. The first-order chi connectivity index (χ1) is 13.4. The van der Waals surface area contributed by atoms with Crippen molar-refractivity contribution in [3.8, 4) is 0 Å². The van der Waals surface area contributed by atoms with Crippen molar-refractivity contribution < 1.29 is 13.2 Å². The number of benzene rings is 2. The molecule has 1 fully saturated rings. The number of carbonyl (C=O) groups is 1. The Kier molecular flexibility index (Phi) is 5.02. The van der Waals surface area contributed by atoms with Crippen molar-refractivity contribution in [1.29, 1.82) is 0 Å². The molecule has 2 aromatic rings. The van der Waals surface area contributed by atoms with Crippen molar-refractivity contribution in [3.05, 3.63) is 59.7 Å². The zero-order valence-electron chi connectivity index (χ0n) is 16.3. The van der Waals surface area contributed by atoms with Gasteiger partial charge in [0.05, 0.1) is 4.90 Å². The quantitative estimate of drug-likeness (QED) is 0.792. The van der Waals surface area contributed by atoms with Crippen LogP contribution in [0.4, 0.5) is 5.69 Å². The van der Waals surface area contributed by atoms with E-state index in [2.05, 4.69) is 6.92 Å². The van der Waals surface area contributed by atoms with Gasteiger partial charge in [0.15, 0.2) is 0 Å². The topological polar surface area (TPSA) is 57.7 Å². The second-order valence-electron chi connectivity index (χ2n) is 7.97. The van der Waals surface area contributed by atoms with Crippen LogP contribution in [0.5, 0.6) is 0 Å². The lowest BCUT2D eigenvalue weighted by atomic mass is 10.0. The van der Waals surface area contributed by atoms with E-state index in [9.17, 15) is 13.2 Å². The summed E-state index contributed by atoms with van der Waals surface area (Å²) in [6, 6.07) is 14.4. The number of nitrogens with zero attached hydrogens (tertiary/aromatic N) is 2. The molecule has 0 N–H and O–H groups in total. The lowest BCUT2D eigenvalue weighted by Gasteiger charge is -2.29. The molecule has 6 heteroatoms. The first kappa shape index (κ1) is 19.2. The summed E-state index contributed by atoms with van der Waals surface area (Å²) in [7, 11) is -3.58. The van der Waals surface area contributed by atoms with Gasteiger partial charge in [-0.05, 0) is 61.9 Å². The molecule has 2 heterocycles. The van der Waals surface area contributed by atoms with E-state index < -0.39 is 10.0 Å². The summed E-state index contributed by atoms with van der Waals surface area (Å²) >= 11 is 0. The summed E-state index contributed by atoms with van der Waals surface area (Å²) in [4.78, 5) is 15.2. The summed E-state index contributed by atoms with van der Waals surface area (Å²) in [5.41, 5.74) is 2.47. The molecule has 5 nitrogen and oxygen atoms in total. The van der Waals surface area contributed by atoms with E-state index in [4.69, 9.17) is 0 Å². The molecule has 1 amide bonds. The summed E-state index contributed by atoms with van der Waals surface area (Å²) in [6.45, 7) is 5.25. The number of para-hydroxylation sites is 1. The number of rotatable bonds is 3. The molecule has 0 aliphatic carbocycles. The van der Waals surface area contributed by atoms with Crippen LogP contribution in [0.15, 0.2) is 53.4 Å². The van der Waals surface area contributed by atoms with E-state index >= 15 is 0 Å². The molecule has 0 saturated carbocycles. The van der Waals surface area contributed by atoms with Crippen LogP contribution in [-0.4, -0.2) is 37.8 Å². The van der Waals surface area contributed by atoms with Gasteiger partial charge in [0, 0.05) is 30.4 Å². The van der Waals surface area contributed by atoms with Crippen molar-refractivity contribution in [2.24, 2.45) is 5.92 Å². The monoisotopic (exact) mass is 398 g/mol. The third-order valence-corrected chi connectivity index (χ3v) is 7.78. The number of sulfonamides is 1. The fraction of sp³-hybridized carbons (Fsp3) is 0.409. The Morgan fingerprint density at radius 1 is 1.00 bits per heavy atom. The van der Waals surface area contributed by atoms with Crippen molar-refractivity contribution >= 4 is 21.6 Å². The molecule has 148 valence electrons. The van der Waals surface area contributed by atoms with Gasteiger partial charge in [0.1, 0.15) is 0 Å². The van der Waals surface area contributed by atoms with Crippen LogP contribution in [0.2, 0.25) is 0 Å². The van der Waals surface area contributed by atoms with E-state index in [1.165, 1.54) is 6.07 Å². The highest BCUT2D eigenvalue weighted by molar-refractivity contribution is 7.89. The smallest absolute Gasteiger partial charge is 0.258 e. The minimum absolute atomic E-state index is 0.0498. The first-order valence-corrected chi connectivity index (χ1v) is 11.3. The zero-order valence-corrected chi connectivity index (χ0v) is 17.2. The predicted octanol–water partition coefficient (Wildman–Crippen LogP) is 3.70. The standard InChI is InChI=1S/C22H26N2O3S/c1-16-10-12-23(13-11-16)28(26,27)20-8-5-7-19(15-20)22(25)24-17(2)14-18-6-3-4-9-21(18)24/h3-9,15-17H,10-14H2,1-2H3. The van der Waals surface area contributed by atoms with Crippen molar-refractivity contribution in [3.63, 3.8) is 0 Å². The average Bonchev–Trinajstić information content (AvgIpc) is 3.03. The van der Waals surface area contributed by atoms with E-state index in [0.29, 0.717) is 24.6 Å². The molecule has 4 rings (SSSR count). The SMILES string of the molecule is CC1CCN(S(=O)(=O)c2cccc(C(=O)N3c4ccccc4CC3C)c2)CC1. The largest absolute Gasteiger partial charge is 0.305 e. The van der Waals surface area contributed by atoms with Crippen LogP contribution in [0, 0.1) is 5.92 Å². The van der Waals surface area contributed by atoms with Crippen molar-refractivity contribution in [2.75, 3.05) is 18.0 Å². The molecule has 2 aromatic carbocycles. The Hall–Kier alpha value is -2.18. The van der Waals surface area contributed by atoms with E-state index in [1.807, 2.05) is 31.2 Å². The lowest BCUT2D eigenvalue weighted by Crippen LogP contribution is -2.38. The van der Waals surface area contributed by atoms with Gasteiger partial charge in [-0.1, -0.05) is 31.2 Å². The summed E-state index contributed by atoms with van der Waals surface area (Å²) < 4.78 is 27.7. The normalized spacial score (nSPS) is 20.9. The second-order valence-corrected chi connectivity index (χ2v) is 9.91. The first-order valence-electron chi connectivity index (χ1n) is 9.89. The fourth-order valence-electron chi connectivity index (χ4n) is 4.18. The molecule has 2 aliphatic rings. The number of hydrogen-bond donors (Lipinski definition) is 0. The Morgan fingerprint density at radius 2 is 1.71 bits per heavy atom. The number of anilines is 1. The molecule has 1 saturated heterocycles.